The summed E-state index contributed by atoms with van der Waals surface area (Å²) >= 11 is 1.32. The van der Waals surface area contributed by atoms with E-state index in [0.717, 1.165) is 6.42 Å². The zero-order valence-electron chi connectivity index (χ0n) is 20.1. The Hall–Kier alpha value is -3.60. The smallest absolute Gasteiger partial charge is 0.237 e. The van der Waals surface area contributed by atoms with E-state index in [-0.39, 0.29) is 0 Å². The highest BCUT2D eigenvalue weighted by molar-refractivity contribution is 7.98. The number of methoxy groups -OCH3 is 3. The summed E-state index contributed by atoms with van der Waals surface area (Å²) in [4.78, 5) is 4.44. The number of nitrogens with zero attached hydrogens (tertiary/aromatic N) is 5. The lowest BCUT2D eigenvalue weighted by atomic mass is 10.1. The van der Waals surface area contributed by atoms with Gasteiger partial charge in [-0.15, -0.1) is 10.2 Å². The highest BCUT2D eigenvalue weighted by Crippen LogP contribution is 2.42. The van der Waals surface area contributed by atoms with E-state index in [1.54, 1.807) is 34.9 Å². The van der Waals surface area contributed by atoms with Crippen LogP contribution in [0.25, 0.3) is 17.1 Å². The Bertz CT molecular complexity index is 1280. The van der Waals surface area contributed by atoms with Gasteiger partial charge in [-0.3, -0.25) is 4.57 Å². The molecule has 0 aliphatic rings. The average molecular weight is 500 g/mol. The highest BCUT2D eigenvalue weighted by atomic mass is 32.2. The molecule has 0 aliphatic heterocycles. The van der Waals surface area contributed by atoms with Gasteiger partial charge in [0.2, 0.25) is 11.6 Å². The van der Waals surface area contributed by atoms with E-state index in [4.69, 9.17) is 18.7 Å². The van der Waals surface area contributed by atoms with Gasteiger partial charge in [0.1, 0.15) is 5.82 Å². The van der Waals surface area contributed by atoms with Gasteiger partial charge in [-0.2, -0.15) is 4.98 Å². The second-order valence-electron chi connectivity index (χ2n) is 8.00. The summed E-state index contributed by atoms with van der Waals surface area (Å²) in [7, 11) is 4.59. The van der Waals surface area contributed by atoms with Crippen molar-refractivity contribution < 1.29 is 23.1 Å². The lowest BCUT2D eigenvalue weighted by Crippen LogP contribution is -2.03. The van der Waals surface area contributed by atoms with Crippen molar-refractivity contribution in [1.29, 1.82) is 0 Å². The van der Waals surface area contributed by atoms with Crippen molar-refractivity contribution in [3.63, 3.8) is 0 Å². The van der Waals surface area contributed by atoms with Gasteiger partial charge in [-0.05, 0) is 30.2 Å². The number of hydrogen-bond acceptors (Lipinski definition) is 9. The van der Waals surface area contributed by atoms with Crippen LogP contribution in [0.1, 0.15) is 25.6 Å². The van der Waals surface area contributed by atoms with Crippen molar-refractivity contribution in [1.82, 2.24) is 24.9 Å². The normalized spacial score (nSPS) is 11.2. The number of thioether (sulfide) groups is 1. The second-order valence-corrected chi connectivity index (χ2v) is 8.94. The van der Waals surface area contributed by atoms with Gasteiger partial charge in [0, 0.05) is 12.0 Å². The van der Waals surface area contributed by atoms with Gasteiger partial charge >= 0.3 is 0 Å². The average Bonchev–Trinajstić information content (AvgIpc) is 3.48. The standard InChI is InChI=1S/C24H26FN5O4S/c1-14(2)10-20-26-21(34-29-20)13-35-24-28-27-23(30(24)17-9-7-6-8-16(17)25)15-11-18(31-3)22(33-5)19(12-15)32-4/h6-9,11-12,14H,10,13H2,1-5H3. The Morgan fingerprint density at radius 3 is 2.37 bits per heavy atom. The van der Waals surface area contributed by atoms with Gasteiger partial charge in [0.25, 0.3) is 0 Å². The van der Waals surface area contributed by atoms with Gasteiger partial charge < -0.3 is 18.7 Å². The van der Waals surface area contributed by atoms with Crippen LogP contribution in [0.5, 0.6) is 17.2 Å². The molecule has 0 N–H and O–H groups in total. The molecule has 0 spiro atoms. The number of halogens is 1. The monoisotopic (exact) mass is 499 g/mol. The molecule has 2 heterocycles. The molecule has 35 heavy (non-hydrogen) atoms. The van der Waals surface area contributed by atoms with Crippen LogP contribution >= 0.6 is 11.8 Å². The summed E-state index contributed by atoms with van der Waals surface area (Å²) < 4.78 is 38.3. The number of para-hydroxylation sites is 1. The van der Waals surface area contributed by atoms with Crippen molar-refractivity contribution in [2.45, 2.75) is 31.2 Å². The maximum Gasteiger partial charge on any atom is 0.237 e. The number of rotatable bonds is 10. The van der Waals surface area contributed by atoms with E-state index < -0.39 is 5.82 Å². The van der Waals surface area contributed by atoms with Crippen LogP contribution in [0.4, 0.5) is 4.39 Å². The Balaban J connectivity index is 1.76. The molecule has 0 saturated carbocycles. The van der Waals surface area contributed by atoms with Crippen LogP contribution in [-0.2, 0) is 12.2 Å². The molecule has 2 aromatic heterocycles. The molecule has 9 nitrogen and oxygen atoms in total. The maximum absolute atomic E-state index is 14.9. The number of aromatic nitrogens is 5. The van der Waals surface area contributed by atoms with Crippen molar-refractivity contribution in [2.75, 3.05) is 21.3 Å². The first-order chi connectivity index (χ1) is 16.9. The Kier molecular flexibility index (Phi) is 7.54. The molecule has 4 aromatic rings. The molecule has 0 fully saturated rings. The predicted molar refractivity (Wildman–Crippen MR) is 129 cm³/mol. The van der Waals surface area contributed by atoms with Crippen molar-refractivity contribution in [3.8, 4) is 34.3 Å². The molecule has 0 saturated heterocycles. The van der Waals surface area contributed by atoms with Crippen LogP contribution in [0, 0.1) is 11.7 Å². The van der Waals surface area contributed by atoms with E-state index in [9.17, 15) is 4.39 Å². The largest absolute Gasteiger partial charge is 0.493 e. The van der Waals surface area contributed by atoms with Gasteiger partial charge in [0.15, 0.2) is 28.3 Å². The second kappa shape index (κ2) is 10.8. The molecular weight excluding hydrogens is 473 g/mol. The molecule has 11 heteroatoms. The molecule has 0 bridgehead atoms. The molecule has 0 unspecified atom stereocenters. The summed E-state index contributed by atoms with van der Waals surface area (Å²) in [6.07, 6.45) is 0.727. The summed E-state index contributed by atoms with van der Waals surface area (Å²) in [5.74, 6) is 3.21. The molecule has 0 atom stereocenters. The zero-order valence-corrected chi connectivity index (χ0v) is 20.9. The molecule has 4 rings (SSSR count). The van der Waals surface area contributed by atoms with E-state index in [2.05, 4.69) is 34.2 Å². The van der Waals surface area contributed by atoms with Crippen LogP contribution in [0.2, 0.25) is 0 Å². The van der Waals surface area contributed by atoms with Crippen molar-refractivity contribution in [2.24, 2.45) is 5.92 Å². The zero-order chi connectivity index (χ0) is 24.9. The maximum atomic E-state index is 14.9. The fourth-order valence-electron chi connectivity index (χ4n) is 3.53. The molecule has 0 aliphatic carbocycles. The summed E-state index contributed by atoms with van der Waals surface area (Å²) in [5.41, 5.74) is 0.911. The quantitative estimate of drug-likeness (QED) is 0.280. The topological polar surface area (TPSA) is 97.3 Å². The van der Waals surface area contributed by atoms with E-state index >= 15 is 0 Å². The number of benzene rings is 2. The van der Waals surface area contributed by atoms with Crippen LogP contribution in [0.15, 0.2) is 46.1 Å². The fraction of sp³-hybridized carbons (Fsp3) is 0.333. The Morgan fingerprint density at radius 1 is 1.03 bits per heavy atom. The van der Waals surface area contributed by atoms with E-state index in [1.165, 1.54) is 39.2 Å². The van der Waals surface area contributed by atoms with Gasteiger partial charge in [0.05, 0.1) is 32.8 Å². The SMILES string of the molecule is COc1cc(-c2nnc(SCc3nc(CC(C)C)no3)n2-c2ccccc2F)cc(OC)c1OC. The fourth-order valence-corrected chi connectivity index (χ4v) is 4.32. The number of ether oxygens (including phenoxy) is 3. The van der Waals surface area contributed by atoms with Gasteiger partial charge in [-0.1, -0.05) is 42.9 Å². The first-order valence-electron chi connectivity index (χ1n) is 10.9. The lowest BCUT2D eigenvalue weighted by Gasteiger charge is -2.15. The third-order valence-electron chi connectivity index (χ3n) is 5.08. The van der Waals surface area contributed by atoms with E-state index in [1.807, 2.05) is 0 Å². The minimum absolute atomic E-state index is 0.301. The molecule has 0 radical (unpaired) electrons. The number of hydrogen-bond donors (Lipinski definition) is 0. The van der Waals surface area contributed by atoms with Crippen LogP contribution < -0.4 is 14.2 Å². The third-order valence-corrected chi connectivity index (χ3v) is 5.99. The summed E-state index contributed by atoms with van der Waals surface area (Å²) in [6.45, 7) is 4.18. The summed E-state index contributed by atoms with van der Waals surface area (Å²) in [5, 5.41) is 13.2. The predicted octanol–water partition coefficient (Wildman–Crippen LogP) is 4.97. The minimum atomic E-state index is -0.417. The third kappa shape index (κ3) is 5.24. The lowest BCUT2D eigenvalue weighted by molar-refractivity contribution is 0.324. The van der Waals surface area contributed by atoms with Crippen molar-refractivity contribution >= 4 is 11.8 Å². The molecular formula is C24H26FN5O4S. The highest BCUT2D eigenvalue weighted by Gasteiger charge is 2.23. The summed E-state index contributed by atoms with van der Waals surface area (Å²) in [6, 6.07) is 9.92. The first kappa shape index (κ1) is 24.5. The molecule has 0 amide bonds. The first-order valence-corrected chi connectivity index (χ1v) is 11.9. The Morgan fingerprint density at radius 2 is 1.74 bits per heavy atom. The van der Waals surface area contributed by atoms with Crippen LogP contribution in [-0.4, -0.2) is 46.2 Å². The van der Waals surface area contributed by atoms with Crippen molar-refractivity contribution in [3.05, 3.63) is 53.9 Å². The Labute approximate surface area is 206 Å². The van der Waals surface area contributed by atoms with Gasteiger partial charge in [-0.25, -0.2) is 4.39 Å². The van der Waals surface area contributed by atoms with E-state index in [0.29, 0.717) is 62.9 Å². The molecule has 2 aromatic carbocycles. The molecule has 184 valence electrons. The van der Waals surface area contributed by atoms with Crippen LogP contribution in [0.3, 0.4) is 0 Å². The minimum Gasteiger partial charge on any atom is -0.493 e.